The highest BCUT2D eigenvalue weighted by molar-refractivity contribution is 5.06. The van der Waals surface area contributed by atoms with Crippen LogP contribution in [-0.4, -0.2) is 15.6 Å². The average Bonchev–Trinajstić information content (AvgIpc) is 2.40. The van der Waals surface area contributed by atoms with Crippen LogP contribution in [0.4, 0.5) is 0 Å². The van der Waals surface area contributed by atoms with Gasteiger partial charge in [-0.25, -0.2) is 4.98 Å². The Morgan fingerprint density at radius 2 is 1.86 bits per heavy atom. The van der Waals surface area contributed by atoms with Gasteiger partial charge in [0.2, 0.25) is 0 Å². The minimum Gasteiger partial charge on any atom is -0.326 e. The third-order valence-corrected chi connectivity index (χ3v) is 6.28. The second-order valence-corrected chi connectivity index (χ2v) is 7.91. The van der Waals surface area contributed by atoms with Crippen LogP contribution in [0.2, 0.25) is 0 Å². The molecule has 1 aromatic rings. The van der Waals surface area contributed by atoms with E-state index in [0.29, 0.717) is 12.0 Å². The lowest BCUT2D eigenvalue weighted by Crippen LogP contribution is -2.56. The van der Waals surface area contributed by atoms with Gasteiger partial charge < -0.3 is 5.73 Å². The molecule has 4 fully saturated rings. The zero-order valence-corrected chi connectivity index (χ0v) is 12.8. The zero-order valence-electron chi connectivity index (χ0n) is 12.8. The molecule has 4 saturated carbocycles. The summed E-state index contributed by atoms with van der Waals surface area (Å²) in [5.41, 5.74) is 7.72. The van der Waals surface area contributed by atoms with Crippen LogP contribution < -0.4 is 11.3 Å². The maximum atomic E-state index is 12.1. The normalized spacial score (nSPS) is 38.7. The summed E-state index contributed by atoms with van der Waals surface area (Å²) in [6, 6.07) is 1.69. The summed E-state index contributed by atoms with van der Waals surface area (Å²) in [4.78, 5) is 16.3. The van der Waals surface area contributed by atoms with Gasteiger partial charge in [0.15, 0.2) is 0 Å². The predicted molar refractivity (Wildman–Crippen MR) is 81.8 cm³/mol. The Morgan fingerprint density at radius 1 is 1.29 bits per heavy atom. The number of nitrogens with zero attached hydrogens (tertiary/aromatic N) is 2. The van der Waals surface area contributed by atoms with Crippen molar-refractivity contribution in [3.05, 3.63) is 28.4 Å². The van der Waals surface area contributed by atoms with E-state index in [0.717, 1.165) is 23.4 Å². The highest BCUT2D eigenvalue weighted by Crippen LogP contribution is 2.61. The molecule has 114 valence electrons. The van der Waals surface area contributed by atoms with Gasteiger partial charge in [0.1, 0.15) is 0 Å². The SMILES string of the molecule is Cc1cc(=O)n(CC(N)C23CC4CC(CC(C4)C2)C3)cn1. The van der Waals surface area contributed by atoms with Crippen molar-refractivity contribution < 1.29 is 0 Å². The first-order valence-corrected chi connectivity index (χ1v) is 8.33. The molecular weight excluding hydrogens is 262 g/mol. The molecule has 1 heterocycles. The van der Waals surface area contributed by atoms with Gasteiger partial charge in [-0.1, -0.05) is 0 Å². The molecule has 4 aliphatic rings. The van der Waals surface area contributed by atoms with Crippen LogP contribution in [0, 0.1) is 30.1 Å². The first-order valence-electron chi connectivity index (χ1n) is 8.33. The molecule has 21 heavy (non-hydrogen) atoms. The summed E-state index contributed by atoms with van der Waals surface area (Å²) >= 11 is 0. The summed E-state index contributed by atoms with van der Waals surface area (Å²) in [6.07, 6.45) is 9.81. The van der Waals surface area contributed by atoms with E-state index in [-0.39, 0.29) is 11.6 Å². The summed E-state index contributed by atoms with van der Waals surface area (Å²) in [6.45, 7) is 2.48. The van der Waals surface area contributed by atoms with Crippen LogP contribution >= 0.6 is 0 Å². The van der Waals surface area contributed by atoms with E-state index < -0.39 is 0 Å². The van der Waals surface area contributed by atoms with Crippen LogP contribution in [0.25, 0.3) is 0 Å². The molecule has 4 bridgehead atoms. The van der Waals surface area contributed by atoms with Gasteiger partial charge in [-0.3, -0.25) is 9.36 Å². The highest BCUT2D eigenvalue weighted by Gasteiger charge is 2.53. The molecule has 1 atom stereocenters. The molecule has 1 unspecified atom stereocenters. The Bertz CT molecular complexity index is 571. The monoisotopic (exact) mass is 287 g/mol. The molecule has 0 saturated heterocycles. The van der Waals surface area contributed by atoms with Crippen molar-refractivity contribution in [1.29, 1.82) is 0 Å². The van der Waals surface area contributed by atoms with Gasteiger partial charge >= 0.3 is 0 Å². The number of hydrogen-bond acceptors (Lipinski definition) is 3. The van der Waals surface area contributed by atoms with Crippen molar-refractivity contribution in [3.63, 3.8) is 0 Å². The Kier molecular flexibility index (Phi) is 3.00. The van der Waals surface area contributed by atoms with Crippen molar-refractivity contribution in [3.8, 4) is 0 Å². The molecule has 4 heteroatoms. The molecular formula is C17H25N3O. The highest BCUT2D eigenvalue weighted by atomic mass is 16.1. The van der Waals surface area contributed by atoms with E-state index in [1.54, 1.807) is 17.0 Å². The number of nitrogens with two attached hydrogens (primary N) is 1. The fourth-order valence-electron chi connectivity index (χ4n) is 5.69. The molecule has 4 nitrogen and oxygen atoms in total. The Hall–Kier alpha value is -1.16. The minimum absolute atomic E-state index is 0.0303. The van der Waals surface area contributed by atoms with Gasteiger partial charge in [-0.2, -0.15) is 0 Å². The van der Waals surface area contributed by atoms with E-state index in [1.165, 1.54) is 38.5 Å². The molecule has 5 rings (SSSR count). The maximum Gasteiger partial charge on any atom is 0.253 e. The zero-order chi connectivity index (χ0) is 14.6. The van der Waals surface area contributed by atoms with E-state index in [1.807, 2.05) is 6.92 Å². The summed E-state index contributed by atoms with van der Waals surface area (Å²) in [5.74, 6) is 2.69. The smallest absolute Gasteiger partial charge is 0.253 e. The number of rotatable bonds is 3. The van der Waals surface area contributed by atoms with Gasteiger partial charge in [-0.15, -0.1) is 0 Å². The van der Waals surface area contributed by atoms with E-state index >= 15 is 0 Å². The quantitative estimate of drug-likeness (QED) is 0.926. The average molecular weight is 287 g/mol. The summed E-state index contributed by atoms with van der Waals surface area (Å²) < 4.78 is 1.70. The summed E-state index contributed by atoms with van der Waals surface area (Å²) in [7, 11) is 0. The third kappa shape index (κ3) is 2.24. The van der Waals surface area contributed by atoms with E-state index in [9.17, 15) is 4.79 Å². The molecule has 0 spiro atoms. The molecule has 0 aliphatic heterocycles. The Labute approximate surface area is 125 Å². The van der Waals surface area contributed by atoms with Crippen LogP contribution in [0.5, 0.6) is 0 Å². The third-order valence-electron chi connectivity index (χ3n) is 6.28. The van der Waals surface area contributed by atoms with Crippen molar-refractivity contribution in [1.82, 2.24) is 9.55 Å². The predicted octanol–water partition coefficient (Wildman–Crippen LogP) is 2.10. The molecule has 0 aromatic carbocycles. The van der Waals surface area contributed by atoms with Crippen LogP contribution in [0.1, 0.15) is 44.2 Å². The second-order valence-electron chi connectivity index (χ2n) is 7.91. The van der Waals surface area contributed by atoms with Gasteiger partial charge in [0.05, 0.1) is 6.33 Å². The molecule has 2 N–H and O–H groups in total. The van der Waals surface area contributed by atoms with Gasteiger partial charge in [0, 0.05) is 24.3 Å². The van der Waals surface area contributed by atoms with Crippen LogP contribution in [0.15, 0.2) is 17.2 Å². The fourth-order valence-corrected chi connectivity index (χ4v) is 5.69. The number of hydrogen-bond donors (Lipinski definition) is 1. The van der Waals surface area contributed by atoms with Crippen LogP contribution in [0.3, 0.4) is 0 Å². The van der Waals surface area contributed by atoms with Crippen LogP contribution in [-0.2, 0) is 6.54 Å². The van der Waals surface area contributed by atoms with E-state index in [4.69, 9.17) is 5.73 Å². The van der Waals surface area contributed by atoms with Crippen molar-refractivity contribution in [2.45, 2.75) is 58.0 Å². The fraction of sp³-hybridized carbons (Fsp3) is 0.765. The number of aryl methyl sites for hydroxylation is 1. The first-order chi connectivity index (χ1) is 10.0. The standard InChI is InChI=1S/C17H25N3O/c1-11-2-16(21)20(10-19-11)9-15(18)17-6-12-3-13(7-17)5-14(4-12)8-17/h2,10,12-15H,3-9,18H2,1H3. The molecule has 0 radical (unpaired) electrons. The second kappa shape index (κ2) is 4.67. The van der Waals surface area contributed by atoms with Crippen molar-refractivity contribution in [2.24, 2.45) is 28.9 Å². The summed E-state index contributed by atoms with van der Waals surface area (Å²) in [5, 5.41) is 0. The molecule has 1 aromatic heterocycles. The lowest BCUT2D eigenvalue weighted by atomic mass is 9.48. The largest absolute Gasteiger partial charge is 0.326 e. The maximum absolute atomic E-state index is 12.1. The van der Waals surface area contributed by atoms with Gasteiger partial charge in [0.25, 0.3) is 5.56 Å². The lowest BCUT2D eigenvalue weighted by molar-refractivity contribution is -0.0696. The topological polar surface area (TPSA) is 60.9 Å². The molecule has 0 amide bonds. The lowest BCUT2D eigenvalue weighted by Gasteiger charge is -2.59. The van der Waals surface area contributed by atoms with Crippen molar-refractivity contribution in [2.75, 3.05) is 0 Å². The molecule has 4 aliphatic carbocycles. The van der Waals surface area contributed by atoms with Crippen molar-refractivity contribution >= 4 is 0 Å². The minimum atomic E-state index is 0.0303. The van der Waals surface area contributed by atoms with Gasteiger partial charge in [-0.05, 0) is 68.6 Å². The first kappa shape index (κ1) is 13.5. The Balaban J connectivity index is 1.57. The van der Waals surface area contributed by atoms with E-state index in [2.05, 4.69) is 4.98 Å². The number of aromatic nitrogens is 2. The Morgan fingerprint density at radius 3 is 2.38 bits per heavy atom.